The van der Waals surface area contributed by atoms with Crippen molar-refractivity contribution in [2.75, 3.05) is 79.3 Å². The van der Waals surface area contributed by atoms with Crippen molar-refractivity contribution in [2.24, 2.45) is 0 Å². The van der Waals surface area contributed by atoms with Crippen LogP contribution in [0.2, 0.25) is 0 Å². The highest BCUT2D eigenvalue weighted by atomic mass is 33.2. The van der Waals surface area contributed by atoms with E-state index in [1.807, 2.05) is 13.8 Å². The van der Waals surface area contributed by atoms with Crippen LogP contribution in [-0.4, -0.2) is 158 Å². The Morgan fingerprint density at radius 2 is 0.605 bits per heavy atom. The topological polar surface area (TPSA) is 443 Å². The number of hydrogen-bond donors (Lipinski definition) is 8. The van der Waals surface area contributed by atoms with Crippen molar-refractivity contribution in [2.45, 2.75) is 125 Å². The van der Waals surface area contributed by atoms with Crippen LogP contribution in [0.5, 0.6) is 69.0 Å². The van der Waals surface area contributed by atoms with E-state index >= 15 is 8.42 Å². The van der Waals surface area contributed by atoms with Crippen LogP contribution in [0.1, 0.15) is 125 Å². The standard InChI is InChI=1S/C87H82O30S12/c1-46(50-5-17-60(18-6-50)124(88,89)90)41-57-44-59(54-11-23-63(24-12-54)127(97,98)99)45-58(53-9-21-62(22-10-53)126(94,95)96)43-56(52-7-19-61(20-8-52)125(91,92)93)42-47(2)51-13-25-64(26-14-51)128(100,101,102)122-49(4)67-75(115-38-30-107-67)85(122)83-73-71(111-34-36-113-73)80(120-83)78-69-70(110-33-32-109-69)79(119-78)81-72-74(114-37-35-112-72)84(121-81)87-77-76(116-39-40-117-77)86(82-68-66(48(3)118-82)106-29-31-108-68)123(87)129(103,104,105)65-27-15-55(57)16-28-65/h5-28,46-47,56-59H,29-45H2,1-4H3,(H6-2,88,89,90,91,92,93,94,95,96,97,98,99,100,101,102,103,104,105)/p+2. The lowest BCUT2D eigenvalue weighted by Crippen LogP contribution is -2.28. The number of hydrogen-bond acceptors (Lipinski definition) is 26. The second kappa shape index (κ2) is 33.0. The summed E-state index contributed by atoms with van der Waals surface area (Å²) in [5.74, 6) is -1.85. The number of aryl methyl sites for hydroxylation is 1. The second-order valence-corrected chi connectivity index (χ2v) is 54.8. The summed E-state index contributed by atoms with van der Waals surface area (Å²) in [6.45, 7) is 7.58. The van der Waals surface area contributed by atoms with Gasteiger partial charge in [0, 0.05) is 11.8 Å². The van der Waals surface area contributed by atoms with Crippen molar-refractivity contribution in [1.29, 1.82) is 0 Å². The van der Waals surface area contributed by atoms with Crippen molar-refractivity contribution in [3.8, 4) is 118 Å². The molecule has 42 heteroatoms. The van der Waals surface area contributed by atoms with Gasteiger partial charge in [-0.2, -0.15) is 42.1 Å². The van der Waals surface area contributed by atoms with Crippen LogP contribution in [0.15, 0.2) is 175 Å². The van der Waals surface area contributed by atoms with Crippen LogP contribution in [0.3, 0.4) is 0 Å². The van der Waals surface area contributed by atoms with Crippen LogP contribution in [0.25, 0.3) is 48.8 Å². The maximum Gasteiger partial charge on any atom is 0.294 e. The van der Waals surface area contributed by atoms with Gasteiger partial charge in [0.1, 0.15) is 123 Å². The molecule has 0 spiro atoms. The van der Waals surface area contributed by atoms with E-state index in [0.29, 0.717) is 63.5 Å². The van der Waals surface area contributed by atoms with E-state index in [-0.39, 0.29) is 219 Å². The molecule has 6 aromatic carbocycles. The molecule has 6 aromatic heterocycles. The van der Waals surface area contributed by atoms with E-state index in [1.54, 1.807) is 62.4 Å². The number of thiophene rings is 6. The molecule has 30 nitrogen and oxygen atoms in total. The van der Waals surface area contributed by atoms with Crippen molar-refractivity contribution < 1.29 is 135 Å². The van der Waals surface area contributed by atoms with Gasteiger partial charge in [0.05, 0.1) is 39.1 Å². The van der Waals surface area contributed by atoms with Crippen molar-refractivity contribution in [1.82, 2.24) is 0 Å². The Kier molecular flexibility index (Phi) is 22.8. The van der Waals surface area contributed by atoms with Crippen molar-refractivity contribution in [3.05, 3.63) is 189 Å². The van der Waals surface area contributed by atoms with Gasteiger partial charge < -0.3 is 56.8 Å². The average Bonchev–Trinajstić information content (AvgIpc) is 1.53. The Bertz CT molecular complexity index is 7120. The normalized spacial score (nSPS) is 21.5. The minimum Gasteiger partial charge on any atom is -0.485 e. The van der Waals surface area contributed by atoms with Gasteiger partial charge in [0.15, 0.2) is 46.0 Å². The third-order valence-corrected chi connectivity index (χ3v) is 46.2. The highest BCUT2D eigenvalue weighted by Gasteiger charge is 2.60. The molecule has 8 unspecified atom stereocenters. The van der Waals surface area contributed by atoms with E-state index in [9.17, 15) is 70.1 Å². The van der Waals surface area contributed by atoms with Gasteiger partial charge in [0.2, 0.25) is 27.9 Å². The lowest BCUT2D eigenvalue weighted by molar-refractivity contribution is 0.170. The Morgan fingerprint density at radius 1 is 0.333 bits per heavy atom. The third-order valence-electron chi connectivity index (χ3n) is 24.0. The Balaban J connectivity index is 0.860. The molecule has 10 bridgehead atoms. The number of ether oxygens (including phenoxy) is 12. The zero-order chi connectivity index (χ0) is 90.6. The molecule has 129 heavy (non-hydrogen) atoms. The minimum absolute atomic E-state index is 0.00605. The van der Waals surface area contributed by atoms with Gasteiger partial charge in [-0.15, -0.1) is 45.3 Å². The van der Waals surface area contributed by atoms with E-state index in [2.05, 4.69) is 0 Å². The second-order valence-electron chi connectivity index (χ2n) is 32.2. The predicted molar refractivity (Wildman–Crippen MR) is 488 cm³/mol. The summed E-state index contributed by atoms with van der Waals surface area (Å²) in [4.78, 5) is 0.751. The van der Waals surface area contributed by atoms with Crippen LogP contribution in [-0.2, 0) is 57.8 Å². The molecule has 12 aromatic rings. The zero-order valence-electron chi connectivity index (χ0n) is 68.8. The van der Waals surface area contributed by atoms with Crippen LogP contribution in [0.4, 0.5) is 0 Å². The van der Waals surface area contributed by atoms with Gasteiger partial charge >= 0.3 is 0 Å². The highest BCUT2D eigenvalue weighted by Crippen LogP contribution is 2.75. The third kappa shape index (κ3) is 16.2. The largest absolute Gasteiger partial charge is 0.485 e. The van der Waals surface area contributed by atoms with E-state index in [0.717, 1.165) is 22.7 Å². The molecule has 0 amide bonds. The monoisotopic (exact) mass is 1990 g/mol. The molecule has 682 valence electrons. The quantitative estimate of drug-likeness (QED) is 0.0339. The summed E-state index contributed by atoms with van der Waals surface area (Å²) in [6, 6.07) is 34.2. The zero-order valence-corrected chi connectivity index (χ0v) is 78.6. The van der Waals surface area contributed by atoms with Gasteiger partial charge in [-0.25, -0.2) is 0 Å². The van der Waals surface area contributed by atoms with Gasteiger partial charge in [-0.05, 0) is 181 Å². The highest BCUT2D eigenvalue weighted by molar-refractivity contribution is 8.53. The van der Waals surface area contributed by atoms with Crippen LogP contribution in [0, 0.1) is 13.8 Å². The first kappa shape index (κ1) is 89.1. The molecule has 0 saturated heterocycles. The molecular formula is C87H84O30S12+2. The average molecular weight is 1990 g/mol. The van der Waals surface area contributed by atoms with Crippen molar-refractivity contribution >= 4 is 122 Å². The molecule has 15 heterocycles. The first-order chi connectivity index (χ1) is 61.2. The minimum atomic E-state index is -6.64. The molecule has 0 saturated carbocycles. The summed E-state index contributed by atoms with van der Waals surface area (Å²) in [7, 11) is -36.8. The van der Waals surface area contributed by atoms with Crippen LogP contribution >= 0.6 is 64.4 Å². The Labute approximate surface area is 761 Å². The molecule has 8 N–H and O–H groups in total. The van der Waals surface area contributed by atoms with Gasteiger partial charge in [0.25, 0.3) is 72.4 Å². The number of fused-ring (bicyclic) bond motifs is 8. The number of benzene rings is 6. The summed E-state index contributed by atoms with van der Waals surface area (Å²) in [5, 5.41) is 0. The number of rotatable bonds is 11. The van der Waals surface area contributed by atoms with Gasteiger partial charge in [-0.3, -0.25) is 36.4 Å². The van der Waals surface area contributed by atoms with Gasteiger partial charge in [-0.1, -0.05) is 86.6 Å². The molecule has 0 radical (unpaired) electrons. The Morgan fingerprint density at radius 3 is 0.984 bits per heavy atom. The fraction of sp³-hybridized carbons (Fsp3) is 0.310. The van der Waals surface area contributed by atoms with Crippen molar-refractivity contribution in [3.63, 3.8) is 0 Å². The summed E-state index contributed by atoms with van der Waals surface area (Å²) in [5.41, 5.74) is 3.26. The summed E-state index contributed by atoms with van der Waals surface area (Å²) in [6.07, 6.45) is 0.685. The molecular weight excluding hydrogens is 1910 g/mol. The molecule has 21 rings (SSSR count). The Hall–Kier alpha value is -9.10. The first-order valence-electron chi connectivity index (χ1n) is 40.7. The van der Waals surface area contributed by atoms with E-state index in [4.69, 9.17) is 56.8 Å². The predicted octanol–water partition coefficient (Wildman–Crippen LogP) is 19.5. The molecule has 8 atom stereocenters. The molecule has 0 aliphatic carbocycles. The SMILES string of the molecule is Cc1sc(-c2c3c(c4[s+]2S(=O)(O)(O)c2ccc(cc2)C(CC(C)c2ccc(S(=O)(=O)O)cc2)CC(c2ccc(S(=O)(=O)O)cc2)CC(c2ccc(S(=O)(=O)O)cc2)CC(c2ccc(S(=O)(=O)O)cc2)CC(C)c2ccc(cc2)S(=O)(O)(O)[s+]2c(C)c5c(c2-c2sc(c6c2OCCO6)-c2sc(c6c2OCCO6)-c2sc-4c4c2OCCO4)OCCO5)OCCO3)c2c1OCCO2. The van der Waals surface area contributed by atoms with E-state index < -0.39 is 132 Å². The van der Waals surface area contributed by atoms with Crippen LogP contribution < -0.4 is 56.8 Å². The summed E-state index contributed by atoms with van der Waals surface area (Å²) < 4.78 is 312. The maximum atomic E-state index is 17.5. The molecule has 9 aliphatic heterocycles. The fourth-order valence-corrected chi connectivity index (χ4v) is 39.2. The fourth-order valence-electron chi connectivity index (χ4n) is 18.0. The molecule has 9 aliphatic rings. The lowest BCUT2D eigenvalue weighted by atomic mass is 9.72. The summed E-state index contributed by atoms with van der Waals surface area (Å²) >= 11 is 4.61. The smallest absolute Gasteiger partial charge is 0.294 e. The maximum absolute atomic E-state index is 17.5. The lowest BCUT2D eigenvalue weighted by Gasteiger charge is -2.33. The first-order valence-corrected chi connectivity index (χ1v) is 57.0. The van der Waals surface area contributed by atoms with E-state index in [1.165, 1.54) is 120 Å². The molecule has 0 fully saturated rings.